The number of aromatic nitrogens is 2. The zero-order valence-electron chi connectivity index (χ0n) is 26.5. The quantitative estimate of drug-likeness (QED) is 0.223. The Balaban J connectivity index is 1.48. The lowest BCUT2D eigenvalue weighted by atomic mass is 9.72. The Kier molecular flexibility index (Phi) is 7.55. The number of anilines is 1. The number of thiazole rings is 1. The molecule has 4 N–H and O–H groups in total. The highest BCUT2D eigenvalue weighted by atomic mass is 32.1. The number of esters is 1. The first kappa shape index (κ1) is 30.9. The topological polar surface area (TPSA) is 165 Å². The molecule has 4 bridgehead atoms. The van der Waals surface area contributed by atoms with Gasteiger partial charge in [-0.05, 0) is 35.1 Å². The molecule has 2 aromatic heterocycles. The van der Waals surface area contributed by atoms with E-state index in [-0.39, 0.29) is 29.8 Å². The van der Waals surface area contributed by atoms with Gasteiger partial charge in [0.1, 0.15) is 40.1 Å². The van der Waals surface area contributed by atoms with Crippen molar-refractivity contribution >= 4 is 34.8 Å². The summed E-state index contributed by atoms with van der Waals surface area (Å²) in [6.07, 6.45) is -1.74. The van der Waals surface area contributed by atoms with Crippen LogP contribution < -0.4 is 20.7 Å². The summed E-state index contributed by atoms with van der Waals surface area (Å²) in [7, 11) is 1.30. The molecule has 2 amide bonds. The number of nitrogens with zero attached hydrogens (tertiary/aromatic N) is 2. The Labute approximate surface area is 274 Å². The summed E-state index contributed by atoms with van der Waals surface area (Å²) in [4.78, 5) is 49.0. The first-order chi connectivity index (χ1) is 22.5. The SMILES string of the molecule is COC(=O)c1csc(-c2nc3oc2C24c5ccccc5N[C@@H]2Oc2ccc(cc24)C[C@H](NC(=O)[C@@H](O)C(C)C)C(=O)N[C@H]3C(C)C)n1. The van der Waals surface area contributed by atoms with Gasteiger partial charge in [0.25, 0.3) is 0 Å². The molecule has 5 atom stereocenters. The van der Waals surface area contributed by atoms with E-state index in [1.165, 1.54) is 18.4 Å². The van der Waals surface area contributed by atoms with E-state index in [1.54, 1.807) is 19.2 Å². The maximum absolute atomic E-state index is 14.0. The number of aliphatic hydroxyl groups is 1. The standard InChI is InChI=1S/C34H35N5O7S/c1-15(2)24-30-39-25(31-36-22(14-47-31)32(43)44-5)27(46-30)34-18-8-6-7-9-20(18)37-33(34)45-23-11-10-17(12-19(23)34)13-21(28(41)38-24)35-29(42)26(40)16(3)4/h6-12,14-16,21,24,26,33,37,40H,13H2,1-5H3,(H,35,42)(H,38,41)/t21-,24-,26-,33+,34?/m0/s1. The van der Waals surface area contributed by atoms with Gasteiger partial charge in [0.15, 0.2) is 17.7 Å². The van der Waals surface area contributed by atoms with Crippen LogP contribution in [0.1, 0.15) is 72.6 Å². The number of aliphatic hydroxyl groups excluding tert-OH is 1. The number of fused-ring (bicyclic) bond motifs is 4. The van der Waals surface area contributed by atoms with Crippen molar-refractivity contribution in [2.24, 2.45) is 11.8 Å². The molecule has 1 spiro atoms. The van der Waals surface area contributed by atoms with Crippen molar-refractivity contribution in [3.05, 3.63) is 81.9 Å². The highest BCUT2D eigenvalue weighted by Crippen LogP contribution is 2.59. The second kappa shape index (κ2) is 11.5. The summed E-state index contributed by atoms with van der Waals surface area (Å²) in [6.45, 7) is 7.33. The highest BCUT2D eigenvalue weighted by molar-refractivity contribution is 7.13. The van der Waals surface area contributed by atoms with Crippen molar-refractivity contribution in [3.8, 4) is 16.5 Å². The fourth-order valence-corrected chi connectivity index (χ4v) is 7.36. The molecule has 47 heavy (non-hydrogen) atoms. The molecule has 0 saturated heterocycles. The van der Waals surface area contributed by atoms with Crippen molar-refractivity contribution in [3.63, 3.8) is 0 Å². The minimum atomic E-state index is -1.28. The van der Waals surface area contributed by atoms with Crippen LogP contribution in [0.3, 0.4) is 0 Å². The van der Waals surface area contributed by atoms with Gasteiger partial charge < -0.3 is 34.9 Å². The molecule has 7 rings (SSSR count). The van der Waals surface area contributed by atoms with Crippen LogP contribution in [0, 0.1) is 11.8 Å². The molecule has 12 nitrogen and oxygen atoms in total. The number of nitrogens with one attached hydrogen (secondary N) is 3. The summed E-state index contributed by atoms with van der Waals surface area (Å²) in [5, 5.41) is 21.9. The van der Waals surface area contributed by atoms with Crippen LogP contribution in [0.5, 0.6) is 5.75 Å². The molecule has 0 fully saturated rings. The molecule has 1 unspecified atom stereocenters. The molecule has 3 aliphatic heterocycles. The fraction of sp³-hybridized carbons (Fsp3) is 0.382. The molecule has 4 aromatic rings. The van der Waals surface area contributed by atoms with E-state index in [9.17, 15) is 19.5 Å². The Bertz CT molecular complexity index is 1900. The Morgan fingerprint density at radius 1 is 1.11 bits per heavy atom. The minimum Gasteiger partial charge on any atom is -0.469 e. The summed E-state index contributed by atoms with van der Waals surface area (Å²) in [6, 6.07) is 11.9. The molecule has 13 heteroatoms. The molecule has 244 valence electrons. The number of methoxy groups -OCH3 is 1. The minimum absolute atomic E-state index is 0.140. The van der Waals surface area contributed by atoms with Crippen molar-refractivity contribution < 1.29 is 33.4 Å². The normalized spacial score (nSPS) is 23.1. The Hall–Kier alpha value is -4.75. The summed E-state index contributed by atoms with van der Waals surface area (Å²) in [5.41, 5.74) is 2.84. The van der Waals surface area contributed by atoms with Crippen LogP contribution in [0.2, 0.25) is 0 Å². The van der Waals surface area contributed by atoms with Gasteiger partial charge in [0.2, 0.25) is 17.7 Å². The monoisotopic (exact) mass is 657 g/mol. The third kappa shape index (κ3) is 4.87. The predicted molar refractivity (Wildman–Crippen MR) is 172 cm³/mol. The van der Waals surface area contributed by atoms with Gasteiger partial charge in [0, 0.05) is 23.1 Å². The van der Waals surface area contributed by atoms with Crippen LogP contribution >= 0.6 is 11.3 Å². The van der Waals surface area contributed by atoms with Crippen LogP contribution in [-0.4, -0.2) is 58.3 Å². The van der Waals surface area contributed by atoms with Gasteiger partial charge in [-0.3, -0.25) is 9.59 Å². The number of amides is 2. The van der Waals surface area contributed by atoms with Crippen LogP contribution in [0.15, 0.2) is 52.3 Å². The predicted octanol–water partition coefficient (Wildman–Crippen LogP) is 3.93. The van der Waals surface area contributed by atoms with Crippen molar-refractivity contribution in [2.45, 2.75) is 63.9 Å². The summed E-state index contributed by atoms with van der Waals surface area (Å²) >= 11 is 1.23. The van der Waals surface area contributed by atoms with Gasteiger partial charge >= 0.3 is 5.97 Å². The summed E-state index contributed by atoms with van der Waals surface area (Å²) in [5.74, 6) is -0.859. The number of rotatable bonds is 6. The number of hydrogen-bond acceptors (Lipinski definition) is 11. The second-order valence-corrected chi connectivity index (χ2v) is 13.6. The largest absolute Gasteiger partial charge is 0.469 e. The fourth-order valence-electron chi connectivity index (χ4n) is 6.59. The number of oxazole rings is 1. The number of carbonyl (C=O) groups is 3. The first-order valence-electron chi connectivity index (χ1n) is 15.5. The van der Waals surface area contributed by atoms with Gasteiger partial charge in [-0.25, -0.2) is 14.8 Å². The zero-order chi connectivity index (χ0) is 33.2. The molecular formula is C34H35N5O7S. The first-order valence-corrected chi connectivity index (χ1v) is 16.4. The van der Waals surface area contributed by atoms with Crippen LogP contribution in [0.25, 0.3) is 10.7 Å². The summed E-state index contributed by atoms with van der Waals surface area (Å²) < 4.78 is 18.3. The van der Waals surface area contributed by atoms with Gasteiger partial charge in [-0.2, -0.15) is 0 Å². The Morgan fingerprint density at radius 2 is 1.89 bits per heavy atom. The Morgan fingerprint density at radius 3 is 2.64 bits per heavy atom. The van der Waals surface area contributed by atoms with Crippen molar-refractivity contribution in [1.29, 1.82) is 0 Å². The zero-order valence-corrected chi connectivity index (χ0v) is 27.3. The average molecular weight is 658 g/mol. The molecular weight excluding hydrogens is 622 g/mol. The molecule has 2 aromatic carbocycles. The number of ether oxygens (including phenoxy) is 2. The van der Waals surface area contributed by atoms with Crippen molar-refractivity contribution in [2.75, 3.05) is 12.4 Å². The molecule has 5 heterocycles. The number of para-hydroxylation sites is 1. The van der Waals surface area contributed by atoms with E-state index in [1.807, 2.05) is 56.3 Å². The van der Waals surface area contributed by atoms with E-state index in [0.29, 0.717) is 22.2 Å². The molecule has 0 aliphatic carbocycles. The maximum atomic E-state index is 14.0. The lowest BCUT2D eigenvalue weighted by molar-refractivity contribution is -0.135. The number of carbonyl (C=O) groups excluding carboxylic acids is 3. The third-order valence-electron chi connectivity index (χ3n) is 9.05. The lowest BCUT2D eigenvalue weighted by Crippen LogP contribution is -2.52. The molecule has 0 saturated carbocycles. The number of benzene rings is 2. The smallest absolute Gasteiger partial charge is 0.357 e. The van der Waals surface area contributed by atoms with E-state index in [4.69, 9.17) is 18.9 Å². The molecule has 0 radical (unpaired) electrons. The van der Waals surface area contributed by atoms with Crippen LogP contribution in [0.4, 0.5) is 5.69 Å². The third-order valence-corrected chi connectivity index (χ3v) is 9.90. The van der Waals surface area contributed by atoms with E-state index in [0.717, 1.165) is 22.4 Å². The lowest BCUT2D eigenvalue weighted by Gasteiger charge is -2.29. The van der Waals surface area contributed by atoms with Gasteiger partial charge in [-0.1, -0.05) is 58.0 Å². The van der Waals surface area contributed by atoms with E-state index >= 15 is 0 Å². The molecule has 3 aliphatic rings. The van der Waals surface area contributed by atoms with E-state index in [2.05, 4.69) is 20.9 Å². The van der Waals surface area contributed by atoms with Gasteiger partial charge in [-0.15, -0.1) is 11.3 Å². The van der Waals surface area contributed by atoms with Gasteiger partial charge in [0.05, 0.1) is 7.11 Å². The van der Waals surface area contributed by atoms with Crippen LogP contribution in [-0.2, 0) is 26.2 Å². The van der Waals surface area contributed by atoms with E-state index < -0.39 is 47.6 Å². The van der Waals surface area contributed by atoms with Crippen molar-refractivity contribution in [1.82, 2.24) is 20.6 Å². The highest BCUT2D eigenvalue weighted by Gasteiger charge is 2.61. The number of hydrogen-bond donors (Lipinski definition) is 4. The average Bonchev–Trinajstić information content (AvgIpc) is 3.83. The second-order valence-electron chi connectivity index (χ2n) is 12.8. The maximum Gasteiger partial charge on any atom is 0.357 e.